The van der Waals surface area contributed by atoms with Crippen molar-refractivity contribution in [2.45, 2.75) is 13.0 Å². The molecule has 0 bridgehead atoms. The first-order valence-electron chi connectivity index (χ1n) is 5.74. The molecule has 0 fully saturated rings. The van der Waals surface area contributed by atoms with Crippen LogP contribution in [0.5, 0.6) is 5.75 Å². The maximum absolute atomic E-state index is 9.51. The highest BCUT2D eigenvalue weighted by Crippen LogP contribution is 2.22. The Bertz CT molecular complexity index is 527. The minimum atomic E-state index is -0.601. The summed E-state index contributed by atoms with van der Waals surface area (Å²) >= 11 is 1.76. The number of hydrogen-bond acceptors (Lipinski definition) is 3. The summed E-state index contributed by atoms with van der Waals surface area (Å²) in [5.41, 5.74) is 1.24. The molecule has 96 valence electrons. The first-order chi connectivity index (χ1) is 8.69. The third-order valence-electron chi connectivity index (χ3n) is 2.66. The molecule has 0 heterocycles. The molecule has 0 aliphatic carbocycles. The van der Waals surface area contributed by atoms with Crippen molar-refractivity contribution in [3.8, 4) is 5.75 Å². The third kappa shape index (κ3) is 3.57. The van der Waals surface area contributed by atoms with Gasteiger partial charge in [-0.1, -0.05) is 29.8 Å². The average molecular weight is 358 g/mol. The van der Waals surface area contributed by atoms with Gasteiger partial charge in [-0.15, -0.1) is 0 Å². The van der Waals surface area contributed by atoms with E-state index < -0.39 is 6.10 Å². The summed E-state index contributed by atoms with van der Waals surface area (Å²) in [6, 6.07) is 12.2. The van der Waals surface area contributed by atoms with E-state index in [1.54, 1.807) is 23.0 Å². The molecule has 0 amide bonds. The number of aryl methyl sites for hydroxylation is 1. The van der Waals surface area contributed by atoms with E-state index in [9.17, 15) is 5.11 Å². The lowest BCUT2D eigenvalue weighted by Crippen LogP contribution is -2.21. The highest BCUT2D eigenvalue weighted by atomic mass is 127. The van der Waals surface area contributed by atoms with Crippen LogP contribution in [-0.2, 0) is 3.07 Å². The van der Waals surface area contributed by atoms with Gasteiger partial charge in [-0.25, -0.2) is 0 Å². The van der Waals surface area contributed by atoms with Crippen LogP contribution in [0.15, 0.2) is 36.4 Å². The van der Waals surface area contributed by atoms with Gasteiger partial charge >= 0.3 is 0 Å². The fourth-order valence-electron chi connectivity index (χ4n) is 1.75. The van der Waals surface area contributed by atoms with E-state index in [0.29, 0.717) is 0 Å². The van der Waals surface area contributed by atoms with E-state index >= 15 is 0 Å². The molecule has 0 aromatic heterocycles. The molecule has 1 N–H and O–H groups in total. The fourth-order valence-corrected chi connectivity index (χ4v) is 2.16. The number of rotatable bonds is 5. The maximum Gasteiger partial charge on any atom is 0.120 e. The zero-order chi connectivity index (χ0) is 13.0. The molecule has 0 saturated carbocycles. The van der Waals surface area contributed by atoms with Crippen LogP contribution in [0, 0.1) is 6.92 Å². The van der Waals surface area contributed by atoms with E-state index in [2.05, 4.69) is 25.1 Å². The Labute approximate surface area is 120 Å². The van der Waals surface area contributed by atoms with E-state index in [1.807, 2.05) is 18.2 Å². The number of aliphatic hydroxyl groups is 1. The third-order valence-corrected chi connectivity index (χ3v) is 3.02. The van der Waals surface area contributed by atoms with E-state index in [-0.39, 0.29) is 13.2 Å². The van der Waals surface area contributed by atoms with Gasteiger partial charge in [0, 0.05) is 0 Å². The van der Waals surface area contributed by atoms with Crippen molar-refractivity contribution in [2.75, 3.05) is 13.2 Å². The van der Waals surface area contributed by atoms with Gasteiger partial charge in [-0.2, -0.15) is 0 Å². The van der Waals surface area contributed by atoms with Gasteiger partial charge in [0.15, 0.2) is 0 Å². The molecule has 18 heavy (non-hydrogen) atoms. The summed E-state index contributed by atoms with van der Waals surface area (Å²) in [6.07, 6.45) is -0.601. The summed E-state index contributed by atoms with van der Waals surface area (Å²) in [5.74, 6) is 0.763. The predicted octanol–water partition coefficient (Wildman–Crippen LogP) is 3.25. The van der Waals surface area contributed by atoms with Crippen LogP contribution >= 0.6 is 23.0 Å². The van der Waals surface area contributed by atoms with Crippen LogP contribution in [0.4, 0.5) is 0 Å². The highest BCUT2D eigenvalue weighted by Gasteiger charge is 2.05. The molecule has 0 spiro atoms. The van der Waals surface area contributed by atoms with Gasteiger partial charge < -0.3 is 12.9 Å². The van der Waals surface area contributed by atoms with Gasteiger partial charge in [-0.3, -0.25) is 0 Å². The molecule has 1 atom stereocenters. The quantitative estimate of drug-likeness (QED) is 0.834. The molecular weight excluding hydrogens is 343 g/mol. The molecule has 0 radical (unpaired) electrons. The van der Waals surface area contributed by atoms with Crippen LogP contribution in [0.25, 0.3) is 10.8 Å². The second-order valence-corrected chi connectivity index (χ2v) is 4.88. The Morgan fingerprint density at radius 2 is 1.83 bits per heavy atom. The molecule has 1 unspecified atom stereocenters. The lowest BCUT2D eigenvalue weighted by molar-refractivity contribution is 0.0768. The van der Waals surface area contributed by atoms with Gasteiger partial charge in [0.25, 0.3) is 0 Å². The Kier molecular flexibility index (Phi) is 4.79. The van der Waals surface area contributed by atoms with Crippen molar-refractivity contribution in [2.24, 2.45) is 0 Å². The van der Waals surface area contributed by atoms with Gasteiger partial charge in [0.2, 0.25) is 0 Å². The number of hydrogen-bond donors (Lipinski definition) is 1. The lowest BCUT2D eigenvalue weighted by Gasteiger charge is -2.11. The molecule has 2 aromatic carbocycles. The van der Waals surface area contributed by atoms with Crippen molar-refractivity contribution in [3.05, 3.63) is 42.0 Å². The standard InChI is InChI=1S/C14H15IO3/c1-10-2-3-12-7-14(5-4-11(12)6-10)17-8-13(16)9-18-15/h2-7,13,16H,8-9H2,1H3. The summed E-state index contributed by atoms with van der Waals surface area (Å²) in [6.45, 7) is 2.58. The Morgan fingerprint density at radius 1 is 1.11 bits per heavy atom. The smallest absolute Gasteiger partial charge is 0.120 e. The molecule has 0 aliphatic heterocycles. The molecular formula is C14H15IO3. The first kappa shape index (κ1) is 13.6. The van der Waals surface area contributed by atoms with Crippen molar-refractivity contribution in [3.63, 3.8) is 0 Å². The highest BCUT2D eigenvalue weighted by molar-refractivity contribution is 14.1. The van der Waals surface area contributed by atoms with E-state index in [1.165, 1.54) is 10.9 Å². The molecule has 0 aliphatic rings. The summed E-state index contributed by atoms with van der Waals surface area (Å²) in [4.78, 5) is 0. The summed E-state index contributed by atoms with van der Waals surface area (Å²) in [7, 11) is 0. The van der Waals surface area contributed by atoms with Crippen LogP contribution in [0.2, 0.25) is 0 Å². The molecule has 2 aromatic rings. The Morgan fingerprint density at radius 3 is 2.61 bits per heavy atom. The second kappa shape index (κ2) is 6.36. The van der Waals surface area contributed by atoms with Crippen LogP contribution in [0.3, 0.4) is 0 Å². The van der Waals surface area contributed by atoms with E-state index in [0.717, 1.165) is 11.1 Å². The largest absolute Gasteiger partial charge is 0.491 e. The number of aliphatic hydroxyl groups excluding tert-OH is 1. The number of halogens is 1. The molecule has 0 saturated heterocycles. The number of fused-ring (bicyclic) bond motifs is 1. The number of benzene rings is 2. The lowest BCUT2D eigenvalue weighted by atomic mass is 10.1. The van der Waals surface area contributed by atoms with Crippen molar-refractivity contribution in [1.29, 1.82) is 0 Å². The van der Waals surface area contributed by atoms with Crippen molar-refractivity contribution in [1.82, 2.24) is 0 Å². The second-order valence-electron chi connectivity index (χ2n) is 4.25. The van der Waals surface area contributed by atoms with E-state index in [4.69, 9.17) is 7.80 Å². The predicted molar refractivity (Wildman–Crippen MR) is 80.2 cm³/mol. The van der Waals surface area contributed by atoms with Crippen molar-refractivity contribution < 1.29 is 12.9 Å². The van der Waals surface area contributed by atoms with Gasteiger partial charge in [0.05, 0.1) is 6.61 Å². The minimum absolute atomic E-state index is 0.236. The fraction of sp³-hybridized carbons (Fsp3) is 0.286. The molecule has 3 nitrogen and oxygen atoms in total. The topological polar surface area (TPSA) is 38.7 Å². The normalized spacial score (nSPS) is 12.6. The summed E-state index contributed by atoms with van der Waals surface area (Å²) < 4.78 is 10.3. The van der Waals surface area contributed by atoms with Crippen LogP contribution in [0.1, 0.15) is 5.56 Å². The molecule has 4 heteroatoms. The van der Waals surface area contributed by atoms with Gasteiger partial charge in [-0.05, 0) is 29.8 Å². The minimum Gasteiger partial charge on any atom is -0.491 e. The monoisotopic (exact) mass is 358 g/mol. The van der Waals surface area contributed by atoms with Crippen LogP contribution < -0.4 is 4.74 Å². The van der Waals surface area contributed by atoms with Crippen molar-refractivity contribution >= 4 is 33.8 Å². The Hall–Kier alpha value is -0.850. The SMILES string of the molecule is Cc1ccc2cc(OCC(O)COI)ccc2c1. The summed E-state index contributed by atoms with van der Waals surface area (Å²) in [5, 5.41) is 11.8. The average Bonchev–Trinajstić information content (AvgIpc) is 2.36. The van der Waals surface area contributed by atoms with Gasteiger partial charge in [0.1, 0.15) is 41.5 Å². The Balaban J connectivity index is 2.08. The number of ether oxygens (including phenoxy) is 1. The zero-order valence-corrected chi connectivity index (χ0v) is 12.3. The first-order valence-corrected chi connectivity index (χ1v) is 6.62. The molecule has 2 rings (SSSR count). The zero-order valence-electron chi connectivity index (χ0n) is 10.1. The maximum atomic E-state index is 9.51. The van der Waals surface area contributed by atoms with Crippen LogP contribution in [-0.4, -0.2) is 24.4 Å².